The Bertz CT molecular complexity index is 575. The number of benzene rings is 2. The molecule has 0 heterocycles. The number of alkyl halides is 2. The summed E-state index contributed by atoms with van der Waals surface area (Å²) in [6.45, 7) is -2.31. The Morgan fingerprint density at radius 2 is 1.80 bits per heavy atom. The molecule has 2 aromatic rings. The van der Waals surface area contributed by atoms with Gasteiger partial charge in [-0.15, -0.1) is 0 Å². The molecule has 0 spiro atoms. The summed E-state index contributed by atoms with van der Waals surface area (Å²) >= 11 is 2.04. The van der Waals surface area contributed by atoms with E-state index in [9.17, 15) is 13.2 Å². The maximum Gasteiger partial charge on any atom is 0.387 e. The smallest absolute Gasteiger partial charge is 0.387 e. The maximum atomic E-state index is 13.0. The third-order valence-electron chi connectivity index (χ3n) is 2.56. The van der Waals surface area contributed by atoms with Crippen molar-refractivity contribution in [3.63, 3.8) is 0 Å². The Morgan fingerprint density at radius 1 is 1.10 bits per heavy atom. The molecule has 0 unspecified atom stereocenters. The van der Waals surface area contributed by atoms with Crippen LogP contribution < -0.4 is 10.1 Å². The van der Waals surface area contributed by atoms with Crippen LogP contribution in [0, 0.1) is 9.39 Å². The molecule has 2 nitrogen and oxygen atoms in total. The van der Waals surface area contributed by atoms with E-state index in [-0.39, 0.29) is 11.6 Å². The van der Waals surface area contributed by atoms with E-state index in [1.807, 2.05) is 22.6 Å². The van der Waals surface area contributed by atoms with Crippen molar-refractivity contribution in [2.45, 2.75) is 13.2 Å². The molecular formula is C14H11F3INO. The van der Waals surface area contributed by atoms with Crippen LogP contribution in [0.3, 0.4) is 0 Å². The number of nitrogens with one attached hydrogen (secondary N) is 1. The maximum absolute atomic E-state index is 13.0. The second-order valence-corrected chi connectivity index (χ2v) is 5.16. The quantitative estimate of drug-likeness (QED) is 0.748. The fourth-order valence-corrected chi connectivity index (χ4v) is 2.29. The van der Waals surface area contributed by atoms with Gasteiger partial charge in [0.25, 0.3) is 0 Å². The standard InChI is InChI=1S/C14H11F3INO/c15-10-3-6-13(12(18)7-10)19-8-9-1-4-11(5-2-9)20-14(16)17/h1-7,14,19H,8H2. The molecule has 2 rings (SSSR count). The number of ether oxygens (including phenoxy) is 1. The molecule has 2 aromatic carbocycles. The van der Waals surface area contributed by atoms with Gasteiger partial charge in [0.15, 0.2) is 0 Å². The van der Waals surface area contributed by atoms with Gasteiger partial charge in [-0.1, -0.05) is 12.1 Å². The fraction of sp³-hybridized carbons (Fsp3) is 0.143. The van der Waals surface area contributed by atoms with Crippen LogP contribution in [-0.4, -0.2) is 6.61 Å². The lowest BCUT2D eigenvalue weighted by Crippen LogP contribution is -2.03. The third kappa shape index (κ3) is 4.29. The Balaban J connectivity index is 1.96. The molecule has 0 radical (unpaired) electrons. The minimum atomic E-state index is -2.82. The van der Waals surface area contributed by atoms with Gasteiger partial charge in [0.05, 0.1) is 0 Å². The largest absolute Gasteiger partial charge is 0.435 e. The van der Waals surface area contributed by atoms with Crippen molar-refractivity contribution in [3.05, 3.63) is 57.4 Å². The van der Waals surface area contributed by atoms with Crippen molar-refractivity contribution in [1.82, 2.24) is 0 Å². The van der Waals surface area contributed by atoms with E-state index in [1.54, 1.807) is 18.2 Å². The van der Waals surface area contributed by atoms with Crippen LogP contribution in [0.25, 0.3) is 0 Å². The summed E-state index contributed by atoms with van der Waals surface area (Å²) in [6, 6.07) is 10.8. The monoisotopic (exact) mass is 393 g/mol. The number of halogens is 4. The van der Waals surface area contributed by atoms with Crippen LogP contribution in [0.1, 0.15) is 5.56 Å². The first-order valence-corrected chi connectivity index (χ1v) is 6.85. The molecule has 0 fully saturated rings. The molecule has 0 aliphatic carbocycles. The van der Waals surface area contributed by atoms with Crippen LogP contribution in [0.2, 0.25) is 0 Å². The normalized spacial score (nSPS) is 10.7. The zero-order valence-corrected chi connectivity index (χ0v) is 12.4. The zero-order chi connectivity index (χ0) is 14.5. The van der Waals surface area contributed by atoms with Crippen molar-refractivity contribution in [2.24, 2.45) is 0 Å². The Labute approximate surface area is 128 Å². The molecule has 106 valence electrons. The van der Waals surface area contributed by atoms with Gasteiger partial charge in [-0.05, 0) is 58.5 Å². The highest BCUT2D eigenvalue weighted by Gasteiger charge is 2.04. The van der Waals surface area contributed by atoms with E-state index < -0.39 is 6.61 Å². The number of hydrogen-bond donors (Lipinski definition) is 1. The molecule has 0 aliphatic rings. The molecule has 0 amide bonds. The predicted octanol–water partition coefficient (Wildman–Crippen LogP) is 4.64. The van der Waals surface area contributed by atoms with E-state index in [4.69, 9.17) is 0 Å². The molecule has 0 saturated carbocycles. The van der Waals surface area contributed by atoms with Gasteiger partial charge < -0.3 is 10.1 Å². The Hall–Kier alpha value is -1.44. The van der Waals surface area contributed by atoms with E-state index in [1.165, 1.54) is 24.3 Å². The minimum absolute atomic E-state index is 0.125. The van der Waals surface area contributed by atoms with Gasteiger partial charge in [0.2, 0.25) is 0 Å². The van der Waals surface area contributed by atoms with Gasteiger partial charge in [-0.2, -0.15) is 8.78 Å². The van der Waals surface area contributed by atoms with Gasteiger partial charge in [-0.3, -0.25) is 0 Å². The third-order valence-corrected chi connectivity index (χ3v) is 3.46. The number of rotatable bonds is 5. The summed E-state index contributed by atoms with van der Waals surface area (Å²) in [5.41, 5.74) is 1.73. The van der Waals surface area contributed by atoms with Crippen LogP contribution >= 0.6 is 22.6 Å². The zero-order valence-electron chi connectivity index (χ0n) is 10.2. The van der Waals surface area contributed by atoms with Crippen LogP contribution in [0.4, 0.5) is 18.9 Å². The van der Waals surface area contributed by atoms with Crippen molar-refractivity contribution in [1.29, 1.82) is 0 Å². The second-order valence-electron chi connectivity index (χ2n) is 4.00. The van der Waals surface area contributed by atoms with Gasteiger partial charge in [-0.25, -0.2) is 4.39 Å². The van der Waals surface area contributed by atoms with Crippen molar-refractivity contribution < 1.29 is 17.9 Å². The molecule has 0 atom stereocenters. The van der Waals surface area contributed by atoms with Gasteiger partial charge in [0, 0.05) is 15.8 Å². The van der Waals surface area contributed by atoms with Crippen molar-refractivity contribution >= 4 is 28.3 Å². The molecule has 0 bridgehead atoms. The van der Waals surface area contributed by atoms with Crippen molar-refractivity contribution in [2.75, 3.05) is 5.32 Å². The van der Waals surface area contributed by atoms with Crippen molar-refractivity contribution in [3.8, 4) is 5.75 Å². The van der Waals surface area contributed by atoms with E-state index in [2.05, 4.69) is 10.1 Å². The molecule has 1 N–H and O–H groups in total. The SMILES string of the molecule is Fc1ccc(NCc2ccc(OC(F)F)cc2)c(I)c1. The lowest BCUT2D eigenvalue weighted by Gasteiger charge is -2.09. The van der Waals surface area contributed by atoms with E-state index in [0.29, 0.717) is 6.54 Å². The summed E-state index contributed by atoms with van der Waals surface area (Å²) in [5.74, 6) is -0.159. The van der Waals surface area contributed by atoms with Gasteiger partial charge >= 0.3 is 6.61 Å². The molecule has 0 aliphatic heterocycles. The lowest BCUT2D eigenvalue weighted by atomic mass is 10.2. The fourth-order valence-electron chi connectivity index (χ4n) is 1.62. The Kier molecular flexibility index (Phi) is 5.11. The second kappa shape index (κ2) is 6.83. The minimum Gasteiger partial charge on any atom is -0.435 e. The first kappa shape index (κ1) is 15.0. The highest BCUT2D eigenvalue weighted by atomic mass is 127. The van der Waals surface area contributed by atoms with E-state index >= 15 is 0 Å². The molecule has 6 heteroatoms. The first-order valence-electron chi connectivity index (χ1n) is 5.77. The highest BCUT2D eigenvalue weighted by molar-refractivity contribution is 14.1. The summed E-state index contributed by atoms with van der Waals surface area (Å²) < 4.78 is 42.0. The summed E-state index contributed by atoms with van der Waals surface area (Å²) in [6.07, 6.45) is 0. The average molecular weight is 393 g/mol. The number of anilines is 1. The van der Waals surface area contributed by atoms with Crippen LogP contribution in [0.5, 0.6) is 5.75 Å². The highest BCUT2D eigenvalue weighted by Crippen LogP contribution is 2.20. The lowest BCUT2D eigenvalue weighted by molar-refractivity contribution is -0.0498. The summed E-state index contributed by atoms with van der Waals surface area (Å²) in [4.78, 5) is 0. The molecule has 0 aromatic heterocycles. The van der Waals surface area contributed by atoms with Crippen LogP contribution in [-0.2, 0) is 6.54 Å². The molecule has 0 saturated heterocycles. The summed E-state index contributed by atoms with van der Waals surface area (Å²) in [7, 11) is 0. The predicted molar refractivity (Wildman–Crippen MR) is 79.5 cm³/mol. The van der Waals surface area contributed by atoms with Crippen LogP contribution in [0.15, 0.2) is 42.5 Å². The molecular weight excluding hydrogens is 382 g/mol. The molecule has 20 heavy (non-hydrogen) atoms. The average Bonchev–Trinajstić information content (AvgIpc) is 2.39. The number of hydrogen-bond acceptors (Lipinski definition) is 2. The Morgan fingerprint density at radius 3 is 2.40 bits per heavy atom. The van der Waals surface area contributed by atoms with Gasteiger partial charge in [0.1, 0.15) is 11.6 Å². The van der Waals surface area contributed by atoms with E-state index in [0.717, 1.165) is 14.8 Å². The first-order chi connectivity index (χ1) is 9.54. The topological polar surface area (TPSA) is 21.3 Å². The summed E-state index contributed by atoms with van der Waals surface area (Å²) in [5, 5.41) is 3.15.